The van der Waals surface area contributed by atoms with Crippen molar-refractivity contribution in [3.05, 3.63) is 47.5 Å². The van der Waals surface area contributed by atoms with Crippen LogP contribution in [0.2, 0.25) is 0 Å². The van der Waals surface area contributed by atoms with Gasteiger partial charge in [0.1, 0.15) is 0 Å². The van der Waals surface area contributed by atoms with Gasteiger partial charge in [0.25, 0.3) is 0 Å². The normalized spacial score (nSPS) is 10.6. The summed E-state index contributed by atoms with van der Waals surface area (Å²) < 4.78 is 0. The van der Waals surface area contributed by atoms with Crippen LogP contribution in [0.15, 0.2) is 30.9 Å². The summed E-state index contributed by atoms with van der Waals surface area (Å²) in [6, 6.07) is 6.29. The molecule has 0 nitrogen and oxygen atoms in total. The molecule has 1 aromatic carbocycles. The van der Waals surface area contributed by atoms with Crippen LogP contribution in [0.1, 0.15) is 30.0 Å². The molecule has 1 aromatic rings. The number of benzene rings is 1. The molecule has 0 atom stereocenters. The smallest absolute Gasteiger partial charge is 0.0225 e. The van der Waals surface area contributed by atoms with Crippen molar-refractivity contribution in [3.8, 4) is 0 Å². The molecule has 0 unspecified atom stereocenters. The predicted octanol–water partition coefficient (Wildman–Crippen LogP) is 4.06. The van der Waals surface area contributed by atoms with Crippen LogP contribution in [0.4, 0.5) is 0 Å². The lowest BCUT2D eigenvalue weighted by Gasteiger charge is -2.03. The SMILES string of the molecule is C=Cc1cccc(C=CCC)c1C. The molecule has 0 heterocycles. The van der Waals surface area contributed by atoms with Gasteiger partial charge in [0.15, 0.2) is 0 Å². The van der Waals surface area contributed by atoms with Crippen LogP contribution < -0.4 is 0 Å². The summed E-state index contributed by atoms with van der Waals surface area (Å²) in [7, 11) is 0. The zero-order valence-corrected chi connectivity index (χ0v) is 8.38. The molecule has 68 valence electrons. The maximum Gasteiger partial charge on any atom is -0.0225 e. The zero-order valence-electron chi connectivity index (χ0n) is 8.38. The summed E-state index contributed by atoms with van der Waals surface area (Å²) in [4.78, 5) is 0. The van der Waals surface area contributed by atoms with Gasteiger partial charge in [-0.25, -0.2) is 0 Å². The third-order valence-electron chi connectivity index (χ3n) is 2.17. The van der Waals surface area contributed by atoms with E-state index in [1.807, 2.05) is 6.08 Å². The minimum atomic E-state index is 1.08. The lowest BCUT2D eigenvalue weighted by molar-refractivity contribution is 1.23. The Bertz CT molecular complexity index is 319. The number of allylic oxidation sites excluding steroid dienone is 1. The molecule has 0 aliphatic rings. The molecule has 0 spiro atoms. The fourth-order valence-corrected chi connectivity index (χ4v) is 1.32. The first-order valence-electron chi connectivity index (χ1n) is 4.68. The van der Waals surface area contributed by atoms with E-state index in [0.29, 0.717) is 0 Å². The second kappa shape index (κ2) is 4.66. The number of rotatable bonds is 3. The molecule has 0 bridgehead atoms. The Morgan fingerprint density at radius 2 is 2.00 bits per heavy atom. The van der Waals surface area contributed by atoms with E-state index in [0.717, 1.165) is 6.42 Å². The van der Waals surface area contributed by atoms with Crippen molar-refractivity contribution in [1.82, 2.24) is 0 Å². The highest BCUT2D eigenvalue weighted by atomic mass is 14.0. The van der Waals surface area contributed by atoms with E-state index in [4.69, 9.17) is 0 Å². The highest BCUT2D eigenvalue weighted by Gasteiger charge is 1.96. The summed E-state index contributed by atoms with van der Waals surface area (Å²) in [5, 5.41) is 0. The van der Waals surface area contributed by atoms with Crippen LogP contribution in [0.25, 0.3) is 12.2 Å². The first-order valence-corrected chi connectivity index (χ1v) is 4.68. The third-order valence-corrected chi connectivity index (χ3v) is 2.17. The molecule has 0 heteroatoms. The highest BCUT2D eigenvalue weighted by molar-refractivity contribution is 5.62. The van der Waals surface area contributed by atoms with Gasteiger partial charge in [-0.3, -0.25) is 0 Å². The van der Waals surface area contributed by atoms with Crippen LogP contribution in [0.3, 0.4) is 0 Å². The molecule has 0 N–H and O–H groups in total. The van der Waals surface area contributed by atoms with Gasteiger partial charge >= 0.3 is 0 Å². The lowest BCUT2D eigenvalue weighted by Crippen LogP contribution is -1.84. The van der Waals surface area contributed by atoms with E-state index >= 15 is 0 Å². The minimum Gasteiger partial charge on any atom is -0.0985 e. The Balaban J connectivity index is 3.08. The number of hydrogen-bond donors (Lipinski definition) is 0. The largest absolute Gasteiger partial charge is 0.0985 e. The van der Waals surface area contributed by atoms with E-state index in [1.165, 1.54) is 16.7 Å². The minimum absolute atomic E-state index is 1.08. The lowest BCUT2D eigenvalue weighted by atomic mass is 10.0. The van der Waals surface area contributed by atoms with Crippen LogP contribution >= 0.6 is 0 Å². The fraction of sp³-hybridized carbons (Fsp3) is 0.231. The monoisotopic (exact) mass is 172 g/mol. The van der Waals surface area contributed by atoms with Crippen molar-refractivity contribution in [1.29, 1.82) is 0 Å². The summed E-state index contributed by atoms with van der Waals surface area (Å²) >= 11 is 0. The van der Waals surface area contributed by atoms with Gasteiger partial charge in [-0.1, -0.05) is 49.9 Å². The molecule has 0 aromatic heterocycles. The molecule has 0 fully saturated rings. The molecule has 0 aliphatic carbocycles. The molecular weight excluding hydrogens is 156 g/mol. The molecule has 0 saturated carbocycles. The topological polar surface area (TPSA) is 0 Å². The summed E-state index contributed by atoms with van der Waals surface area (Å²) in [5.41, 5.74) is 3.82. The quantitative estimate of drug-likeness (QED) is 0.645. The average Bonchev–Trinajstić information content (AvgIpc) is 2.16. The van der Waals surface area contributed by atoms with Crippen molar-refractivity contribution in [2.45, 2.75) is 20.3 Å². The van der Waals surface area contributed by atoms with Gasteiger partial charge in [-0.15, -0.1) is 0 Å². The Labute approximate surface area is 80.6 Å². The Hall–Kier alpha value is -1.30. The first-order chi connectivity index (χ1) is 6.29. The van der Waals surface area contributed by atoms with Gasteiger partial charge < -0.3 is 0 Å². The standard InChI is InChI=1S/C13H16/c1-4-6-8-13-10-7-9-12(5-2)11(13)3/h5-10H,2,4H2,1,3H3. The Morgan fingerprint density at radius 3 is 2.62 bits per heavy atom. The molecule has 0 saturated heterocycles. The van der Waals surface area contributed by atoms with Crippen molar-refractivity contribution in [2.24, 2.45) is 0 Å². The molecular formula is C13H16. The molecule has 0 amide bonds. The van der Waals surface area contributed by atoms with Crippen molar-refractivity contribution >= 4 is 12.2 Å². The van der Waals surface area contributed by atoms with Gasteiger partial charge in [-0.05, 0) is 30.0 Å². The fourth-order valence-electron chi connectivity index (χ4n) is 1.32. The molecule has 1 rings (SSSR count). The zero-order chi connectivity index (χ0) is 9.68. The van der Waals surface area contributed by atoms with Crippen LogP contribution in [0, 0.1) is 6.92 Å². The first kappa shape index (κ1) is 9.79. The van der Waals surface area contributed by atoms with Crippen LogP contribution in [-0.4, -0.2) is 0 Å². The summed E-state index contributed by atoms with van der Waals surface area (Å²) in [5.74, 6) is 0. The third kappa shape index (κ3) is 2.32. The van der Waals surface area contributed by atoms with E-state index in [1.54, 1.807) is 0 Å². The maximum absolute atomic E-state index is 3.79. The molecule has 13 heavy (non-hydrogen) atoms. The highest BCUT2D eigenvalue weighted by Crippen LogP contribution is 2.16. The van der Waals surface area contributed by atoms with Crippen molar-refractivity contribution in [3.63, 3.8) is 0 Å². The van der Waals surface area contributed by atoms with Crippen LogP contribution in [-0.2, 0) is 0 Å². The van der Waals surface area contributed by atoms with E-state index in [2.05, 4.69) is 50.8 Å². The van der Waals surface area contributed by atoms with Crippen LogP contribution in [0.5, 0.6) is 0 Å². The predicted molar refractivity (Wildman–Crippen MR) is 60.6 cm³/mol. The number of hydrogen-bond acceptors (Lipinski definition) is 0. The van der Waals surface area contributed by atoms with Gasteiger partial charge in [0, 0.05) is 0 Å². The summed E-state index contributed by atoms with van der Waals surface area (Å²) in [6.07, 6.45) is 7.33. The molecule has 0 aliphatic heterocycles. The second-order valence-corrected chi connectivity index (χ2v) is 3.08. The summed E-state index contributed by atoms with van der Waals surface area (Å²) in [6.45, 7) is 8.06. The maximum atomic E-state index is 3.79. The van der Waals surface area contributed by atoms with E-state index in [-0.39, 0.29) is 0 Å². The van der Waals surface area contributed by atoms with Crippen molar-refractivity contribution < 1.29 is 0 Å². The van der Waals surface area contributed by atoms with E-state index in [9.17, 15) is 0 Å². The van der Waals surface area contributed by atoms with Gasteiger partial charge in [-0.2, -0.15) is 0 Å². The Morgan fingerprint density at radius 1 is 1.31 bits per heavy atom. The average molecular weight is 172 g/mol. The van der Waals surface area contributed by atoms with Gasteiger partial charge in [0.05, 0.1) is 0 Å². The van der Waals surface area contributed by atoms with Gasteiger partial charge in [0.2, 0.25) is 0 Å². The second-order valence-electron chi connectivity index (χ2n) is 3.08. The van der Waals surface area contributed by atoms with Crippen molar-refractivity contribution in [2.75, 3.05) is 0 Å². The Kier molecular flexibility index (Phi) is 3.51. The molecule has 0 radical (unpaired) electrons. The van der Waals surface area contributed by atoms with E-state index < -0.39 is 0 Å².